The second-order valence-electron chi connectivity index (χ2n) is 5.90. The molecule has 1 fully saturated rings. The van der Waals surface area contributed by atoms with E-state index in [1.807, 2.05) is 6.92 Å². The van der Waals surface area contributed by atoms with Crippen LogP contribution in [0.25, 0.3) is 0 Å². The number of nitrogens with zero attached hydrogens (tertiary/aromatic N) is 2. The Hall–Kier alpha value is -1.21. The molecule has 0 saturated heterocycles. The lowest BCUT2D eigenvalue weighted by molar-refractivity contribution is 0.249. The Morgan fingerprint density at radius 3 is 2.48 bits per heavy atom. The highest BCUT2D eigenvalue weighted by Gasteiger charge is 2.29. The highest BCUT2D eigenvalue weighted by atomic mass is 32.2. The average molecular weight is 312 g/mol. The molecule has 2 N–H and O–H groups in total. The molecular weight excluding hydrogens is 288 g/mol. The second-order valence-corrected chi connectivity index (χ2v) is 7.61. The molecule has 0 aromatic carbocycles. The van der Waals surface area contributed by atoms with Crippen LogP contribution in [0.2, 0.25) is 0 Å². The fourth-order valence-electron chi connectivity index (χ4n) is 2.81. The highest BCUT2D eigenvalue weighted by molar-refractivity contribution is 7.89. The molecule has 0 amide bonds. The molecular formula is C14H24N4O2S. The molecule has 1 saturated carbocycles. The van der Waals surface area contributed by atoms with Gasteiger partial charge >= 0.3 is 0 Å². The van der Waals surface area contributed by atoms with Crippen LogP contribution in [0.3, 0.4) is 0 Å². The highest BCUT2D eigenvalue weighted by Crippen LogP contribution is 2.29. The van der Waals surface area contributed by atoms with Crippen molar-refractivity contribution in [2.75, 3.05) is 11.9 Å². The van der Waals surface area contributed by atoms with Crippen LogP contribution in [-0.2, 0) is 10.0 Å². The third-order valence-electron chi connectivity index (χ3n) is 4.01. The molecule has 0 aliphatic heterocycles. The largest absolute Gasteiger partial charge is 0.355 e. The van der Waals surface area contributed by atoms with Crippen LogP contribution in [0, 0.1) is 11.8 Å². The molecule has 3 atom stereocenters. The molecule has 21 heavy (non-hydrogen) atoms. The van der Waals surface area contributed by atoms with Crippen LogP contribution >= 0.6 is 0 Å². The Labute approximate surface area is 126 Å². The minimum atomic E-state index is -3.54. The third kappa shape index (κ3) is 4.14. The summed E-state index contributed by atoms with van der Waals surface area (Å²) >= 11 is 0. The summed E-state index contributed by atoms with van der Waals surface area (Å²) in [5.74, 6) is 1.46. The number of anilines is 1. The first-order valence-corrected chi connectivity index (χ1v) is 8.99. The molecule has 1 heterocycles. The number of rotatable bonds is 5. The molecule has 6 nitrogen and oxygen atoms in total. The molecule has 2 rings (SSSR count). The Kier molecular flexibility index (Phi) is 5.16. The first-order valence-electron chi connectivity index (χ1n) is 7.50. The maximum absolute atomic E-state index is 12.4. The zero-order chi connectivity index (χ0) is 15.5. The monoisotopic (exact) mass is 312 g/mol. The summed E-state index contributed by atoms with van der Waals surface area (Å²) in [6.45, 7) is 6.95. The van der Waals surface area contributed by atoms with Crippen molar-refractivity contribution in [3.05, 3.63) is 12.4 Å². The summed E-state index contributed by atoms with van der Waals surface area (Å²) in [6.07, 6.45) is 5.71. The van der Waals surface area contributed by atoms with E-state index in [0.29, 0.717) is 24.3 Å². The molecule has 118 valence electrons. The van der Waals surface area contributed by atoms with Crippen LogP contribution < -0.4 is 10.0 Å². The van der Waals surface area contributed by atoms with Gasteiger partial charge in [-0.1, -0.05) is 13.8 Å². The van der Waals surface area contributed by atoms with Crippen LogP contribution in [0.4, 0.5) is 5.95 Å². The first kappa shape index (κ1) is 16.2. The molecule has 1 aromatic rings. The van der Waals surface area contributed by atoms with Gasteiger partial charge < -0.3 is 5.32 Å². The quantitative estimate of drug-likeness (QED) is 0.869. The standard InChI is InChI=1S/C14H24N4O2S/c1-4-15-14-16-8-12(9-17-14)21(19,20)18-13-6-5-10(2)7-11(13)3/h8-11,13,18H,4-7H2,1-3H3,(H,15,16,17). The van der Waals surface area contributed by atoms with Crippen LogP contribution in [0.15, 0.2) is 17.3 Å². The van der Waals surface area contributed by atoms with Gasteiger partial charge in [0.2, 0.25) is 16.0 Å². The predicted octanol–water partition coefficient (Wildman–Crippen LogP) is 2.01. The van der Waals surface area contributed by atoms with E-state index in [1.165, 1.54) is 12.4 Å². The van der Waals surface area contributed by atoms with Gasteiger partial charge in [-0.2, -0.15) is 0 Å². The van der Waals surface area contributed by atoms with Gasteiger partial charge in [0.1, 0.15) is 4.90 Å². The van der Waals surface area contributed by atoms with Gasteiger partial charge in [-0.05, 0) is 38.0 Å². The Balaban J connectivity index is 2.07. The summed E-state index contributed by atoms with van der Waals surface area (Å²) in [7, 11) is -3.54. The van der Waals surface area contributed by atoms with E-state index >= 15 is 0 Å². The topological polar surface area (TPSA) is 84.0 Å². The van der Waals surface area contributed by atoms with Gasteiger partial charge in [0, 0.05) is 12.6 Å². The van der Waals surface area contributed by atoms with Crippen molar-refractivity contribution in [3.63, 3.8) is 0 Å². The van der Waals surface area contributed by atoms with Crippen molar-refractivity contribution in [1.82, 2.24) is 14.7 Å². The smallest absolute Gasteiger partial charge is 0.243 e. The molecule has 0 spiro atoms. The lowest BCUT2D eigenvalue weighted by Crippen LogP contribution is -2.42. The molecule has 0 radical (unpaired) electrons. The summed E-state index contributed by atoms with van der Waals surface area (Å²) < 4.78 is 27.6. The minimum Gasteiger partial charge on any atom is -0.355 e. The van der Waals surface area contributed by atoms with Gasteiger partial charge in [-0.25, -0.2) is 23.1 Å². The maximum Gasteiger partial charge on any atom is 0.243 e. The van der Waals surface area contributed by atoms with E-state index < -0.39 is 10.0 Å². The SMILES string of the molecule is CCNc1ncc(S(=O)(=O)NC2CCC(C)CC2C)cn1. The van der Waals surface area contributed by atoms with E-state index in [0.717, 1.165) is 19.3 Å². The Morgan fingerprint density at radius 1 is 1.24 bits per heavy atom. The molecule has 1 aromatic heterocycles. The summed E-state index contributed by atoms with van der Waals surface area (Å²) in [4.78, 5) is 8.16. The summed E-state index contributed by atoms with van der Waals surface area (Å²) in [5.41, 5.74) is 0. The first-order chi connectivity index (χ1) is 9.92. The van der Waals surface area contributed by atoms with Gasteiger partial charge in [-0.15, -0.1) is 0 Å². The van der Waals surface area contributed by atoms with Crippen molar-refractivity contribution in [2.45, 2.75) is 51.0 Å². The van der Waals surface area contributed by atoms with Gasteiger partial charge in [0.05, 0.1) is 12.4 Å². The second kappa shape index (κ2) is 6.70. The van der Waals surface area contributed by atoms with Crippen LogP contribution in [-0.4, -0.2) is 31.0 Å². The molecule has 1 aliphatic carbocycles. The normalized spacial score (nSPS) is 26.5. The van der Waals surface area contributed by atoms with Crippen molar-refractivity contribution >= 4 is 16.0 Å². The van der Waals surface area contributed by atoms with Gasteiger partial charge in [0.15, 0.2) is 0 Å². The van der Waals surface area contributed by atoms with Gasteiger partial charge in [-0.3, -0.25) is 0 Å². The van der Waals surface area contributed by atoms with Crippen molar-refractivity contribution < 1.29 is 8.42 Å². The zero-order valence-corrected chi connectivity index (χ0v) is 13.7. The van der Waals surface area contributed by atoms with Gasteiger partial charge in [0.25, 0.3) is 0 Å². The molecule has 3 unspecified atom stereocenters. The predicted molar refractivity (Wildman–Crippen MR) is 82.5 cm³/mol. The summed E-state index contributed by atoms with van der Waals surface area (Å²) in [6, 6.07) is -0.000330. The number of nitrogens with one attached hydrogen (secondary N) is 2. The van der Waals surface area contributed by atoms with E-state index in [1.54, 1.807) is 0 Å². The minimum absolute atomic E-state index is 0.000330. The third-order valence-corrected chi connectivity index (χ3v) is 5.46. The number of hydrogen-bond donors (Lipinski definition) is 2. The van der Waals surface area contributed by atoms with E-state index in [2.05, 4.69) is 33.9 Å². The van der Waals surface area contributed by atoms with Crippen molar-refractivity contribution in [3.8, 4) is 0 Å². The fraction of sp³-hybridized carbons (Fsp3) is 0.714. The molecule has 0 bridgehead atoms. The lowest BCUT2D eigenvalue weighted by atomic mass is 9.80. The lowest BCUT2D eigenvalue weighted by Gasteiger charge is -2.32. The van der Waals surface area contributed by atoms with Crippen LogP contribution in [0.5, 0.6) is 0 Å². The Bertz CT molecular complexity index is 559. The average Bonchev–Trinajstić information content (AvgIpc) is 2.43. The molecule has 1 aliphatic rings. The zero-order valence-electron chi connectivity index (χ0n) is 12.8. The number of aromatic nitrogens is 2. The number of hydrogen-bond acceptors (Lipinski definition) is 5. The Morgan fingerprint density at radius 2 is 1.90 bits per heavy atom. The fourth-order valence-corrected chi connectivity index (χ4v) is 4.08. The van der Waals surface area contributed by atoms with Crippen molar-refractivity contribution in [1.29, 1.82) is 0 Å². The van der Waals surface area contributed by atoms with Crippen molar-refractivity contribution in [2.24, 2.45) is 11.8 Å². The van der Waals surface area contributed by atoms with E-state index in [-0.39, 0.29) is 10.9 Å². The van der Waals surface area contributed by atoms with Crippen LogP contribution in [0.1, 0.15) is 40.0 Å². The molecule has 7 heteroatoms. The number of sulfonamides is 1. The maximum atomic E-state index is 12.4. The van der Waals surface area contributed by atoms with E-state index in [4.69, 9.17) is 0 Å². The summed E-state index contributed by atoms with van der Waals surface area (Å²) in [5, 5.41) is 2.94. The van der Waals surface area contributed by atoms with E-state index in [9.17, 15) is 8.42 Å².